The van der Waals surface area contributed by atoms with E-state index in [-0.39, 0.29) is 5.75 Å². The number of rotatable bonds is 1. The van der Waals surface area contributed by atoms with Crippen molar-refractivity contribution in [3.05, 3.63) is 34.4 Å². The molecule has 2 N–H and O–H groups in total. The van der Waals surface area contributed by atoms with E-state index in [0.717, 1.165) is 0 Å². The van der Waals surface area contributed by atoms with Crippen LogP contribution in [0.15, 0.2) is 24.4 Å². The number of aromatic amines is 1. The van der Waals surface area contributed by atoms with Crippen LogP contribution in [0.4, 0.5) is 0 Å². The van der Waals surface area contributed by atoms with E-state index in [0.29, 0.717) is 21.3 Å². The first-order chi connectivity index (χ1) is 6.68. The van der Waals surface area contributed by atoms with Crippen molar-refractivity contribution in [3.8, 4) is 17.0 Å². The Hall–Kier alpha value is -1.19. The van der Waals surface area contributed by atoms with E-state index in [2.05, 4.69) is 10.2 Å². The van der Waals surface area contributed by atoms with Crippen LogP contribution in [0.5, 0.6) is 5.75 Å². The van der Waals surface area contributed by atoms with Gasteiger partial charge in [0.25, 0.3) is 0 Å². The van der Waals surface area contributed by atoms with E-state index >= 15 is 0 Å². The molecule has 0 radical (unpaired) electrons. The van der Waals surface area contributed by atoms with Crippen LogP contribution >= 0.6 is 23.2 Å². The maximum Gasteiger partial charge on any atom is 0.126 e. The predicted molar refractivity (Wildman–Crippen MR) is 55.7 cm³/mol. The highest BCUT2D eigenvalue weighted by atomic mass is 35.5. The molecule has 0 aliphatic rings. The molecule has 0 bridgehead atoms. The van der Waals surface area contributed by atoms with Gasteiger partial charge in [0.2, 0.25) is 0 Å². The average Bonchev–Trinajstić information content (AvgIpc) is 2.64. The van der Waals surface area contributed by atoms with Gasteiger partial charge in [0.05, 0.1) is 15.7 Å². The van der Waals surface area contributed by atoms with Crippen LogP contribution < -0.4 is 0 Å². The number of nitrogens with one attached hydrogen (secondary N) is 1. The number of hydrogen-bond donors (Lipinski definition) is 2. The Morgan fingerprint density at radius 3 is 2.57 bits per heavy atom. The molecule has 5 heteroatoms. The van der Waals surface area contributed by atoms with Crippen LogP contribution in [0.25, 0.3) is 11.3 Å². The number of phenols is 1. The van der Waals surface area contributed by atoms with Gasteiger partial charge in [-0.2, -0.15) is 5.10 Å². The zero-order valence-corrected chi connectivity index (χ0v) is 8.47. The molecule has 0 saturated carbocycles. The standard InChI is InChI=1S/C9H6Cl2N2O/c10-6-3-5(8-1-2-12-13-8)9(14)4-7(6)11/h1-4,14H,(H,12,13). The highest BCUT2D eigenvalue weighted by Crippen LogP contribution is 2.35. The molecule has 0 atom stereocenters. The second kappa shape index (κ2) is 3.52. The fourth-order valence-corrected chi connectivity index (χ4v) is 1.48. The summed E-state index contributed by atoms with van der Waals surface area (Å²) in [6, 6.07) is 4.73. The third-order valence-electron chi connectivity index (χ3n) is 1.83. The minimum atomic E-state index is 0.0728. The van der Waals surface area contributed by atoms with Gasteiger partial charge >= 0.3 is 0 Å². The molecule has 0 aliphatic heterocycles. The van der Waals surface area contributed by atoms with Gasteiger partial charge in [-0.25, -0.2) is 0 Å². The monoisotopic (exact) mass is 228 g/mol. The second-order valence-electron chi connectivity index (χ2n) is 2.75. The minimum Gasteiger partial charge on any atom is -0.507 e. The molecule has 0 fully saturated rings. The SMILES string of the molecule is Oc1cc(Cl)c(Cl)cc1-c1ccn[nH]1. The molecule has 0 saturated heterocycles. The number of aromatic hydroxyl groups is 1. The summed E-state index contributed by atoms with van der Waals surface area (Å²) in [4.78, 5) is 0. The highest BCUT2D eigenvalue weighted by Gasteiger charge is 2.09. The lowest BCUT2D eigenvalue weighted by molar-refractivity contribution is 0.477. The van der Waals surface area contributed by atoms with Crippen LogP contribution in [0, 0.1) is 0 Å². The van der Waals surface area contributed by atoms with Gasteiger partial charge in [-0.1, -0.05) is 23.2 Å². The molecule has 72 valence electrons. The molecule has 14 heavy (non-hydrogen) atoms. The molecule has 0 aliphatic carbocycles. The van der Waals surface area contributed by atoms with Crippen molar-refractivity contribution in [1.29, 1.82) is 0 Å². The van der Waals surface area contributed by atoms with Crippen LogP contribution in [0.2, 0.25) is 10.0 Å². The van der Waals surface area contributed by atoms with E-state index in [1.807, 2.05) is 0 Å². The van der Waals surface area contributed by atoms with Gasteiger partial charge in [-0.15, -0.1) is 0 Å². The molecule has 2 aromatic rings. The molecule has 1 heterocycles. The molecule has 3 nitrogen and oxygen atoms in total. The van der Waals surface area contributed by atoms with Crippen molar-refractivity contribution in [2.24, 2.45) is 0 Å². The largest absolute Gasteiger partial charge is 0.507 e. The first kappa shape index (κ1) is 9.37. The molecule has 0 spiro atoms. The predicted octanol–water partition coefficient (Wildman–Crippen LogP) is 3.09. The number of aromatic nitrogens is 2. The Morgan fingerprint density at radius 2 is 1.93 bits per heavy atom. The number of benzene rings is 1. The van der Waals surface area contributed by atoms with E-state index in [1.54, 1.807) is 18.3 Å². The van der Waals surface area contributed by atoms with Crippen molar-refractivity contribution in [3.63, 3.8) is 0 Å². The van der Waals surface area contributed by atoms with E-state index in [1.165, 1.54) is 6.07 Å². The van der Waals surface area contributed by atoms with Gasteiger partial charge in [0, 0.05) is 17.8 Å². The maximum atomic E-state index is 9.60. The number of halogens is 2. The summed E-state index contributed by atoms with van der Waals surface area (Å²) in [7, 11) is 0. The van der Waals surface area contributed by atoms with Crippen molar-refractivity contribution >= 4 is 23.2 Å². The quantitative estimate of drug-likeness (QED) is 0.789. The molecule has 1 aromatic heterocycles. The van der Waals surface area contributed by atoms with Crippen LogP contribution in [-0.2, 0) is 0 Å². The van der Waals surface area contributed by atoms with Crippen LogP contribution in [-0.4, -0.2) is 15.3 Å². The fourth-order valence-electron chi connectivity index (χ4n) is 1.16. The molecular formula is C9H6Cl2N2O. The average molecular weight is 229 g/mol. The zero-order valence-electron chi connectivity index (χ0n) is 6.96. The zero-order chi connectivity index (χ0) is 10.1. The van der Waals surface area contributed by atoms with Crippen LogP contribution in [0.3, 0.4) is 0 Å². The van der Waals surface area contributed by atoms with E-state index in [4.69, 9.17) is 23.2 Å². The van der Waals surface area contributed by atoms with Gasteiger partial charge in [0.15, 0.2) is 0 Å². The Morgan fingerprint density at radius 1 is 1.21 bits per heavy atom. The Labute approximate surface area is 90.3 Å². The molecular weight excluding hydrogens is 223 g/mol. The molecule has 2 rings (SSSR count). The Balaban J connectivity index is 2.60. The van der Waals surface area contributed by atoms with Crippen molar-refractivity contribution in [2.75, 3.05) is 0 Å². The smallest absolute Gasteiger partial charge is 0.126 e. The Bertz CT molecular complexity index is 454. The number of hydrogen-bond acceptors (Lipinski definition) is 2. The summed E-state index contributed by atoms with van der Waals surface area (Å²) in [5, 5.41) is 16.8. The minimum absolute atomic E-state index is 0.0728. The highest BCUT2D eigenvalue weighted by molar-refractivity contribution is 6.42. The first-order valence-corrected chi connectivity index (χ1v) is 4.62. The van der Waals surface area contributed by atoms with Gasteiger partial charge in [0.1, 0.15) is 5.75 Å². The topological polar surface area (TPSA) is 48.9 Å². The molecule has 1 aromatic carbocycles. The normalized spacial score (nSPS) is 10.4. The third kappa shape index (κ3) is 1.56. The third-order valence-corrected chi connectivity index (χ3v) is 2.55. The fraction of sp³-hybridized carbons (Fsp3) is 0. The van der Waals surface area contributed by atoms with Crippen molar-refractivity contribution in [2.45, 2.75) is 0 Å². The summed E-state index contributed by atoms with van der Waals surface area (Å²) in [6.07, 6.45) is 1.59. The summed E-state index contributed by atoms with van der Waals surface area (Å²) < 4.78 is 0. The number of phenolic OH excluding ortho intramolecular Hbond substituents is 1. The molecule has 0 unspecified atom stereocenters. The lowest BCUT2D eigenvalue weighted by atomic mass is 10.1. The maximum absolute atomic E-state index is 9.60. The summed E-state index contributed by atoms with van der Waals surface area (Å²) >= 11 is 11.6. The van der Waals surface area contributed by atoms with Crippen molar-refractivity contribution in [1.82, 2.24) is 10.2 Å². The second-order valence-corrected chi connectivity index (χ2v) is 3.57. The lowest BCUT2D eigenvalue weighted by Gasteiger charge is -2.03. The van der Waals surface area contributed by atoms with Gasteiger partial charge in [-0.05, 0) is 12.1 Å². The lowest BCUT2D eigenvalue weighted by Crippen LogP contribution is -1.80. The van der Waals surface area contributed by atoms with Crippen molar-refractivity contribution < 1.29 is 5.11 Å². The van der Waals surface area contributed by atoms with E-state index < -0.39 is 0 Å². The summed E-state index contributed by atoms with van der Waals surface area (Å²) in [5.41, 5.74) is 1.28. The summed E-state index contributed by atoms with van der Waals surface area (Å²) in [5.74, 6) is 0.0728. The van der Waals surface area contributed by atoms with Gasteiger partial charge < -0.3 is 5.11 Å². The van der Waals surface area contributed by atoms with E-state index in [9.17, 15) is 5.11 Å². The summed E-state index contributed by atoms with van der Waals surface area (Å²) in [6.45, 7) is 0. The van der Waals surface area contributed by atoms with Crippen LogP contribution in [0.1, 0.15) is 0 Å². The Kier molecular flexibility index (Phi) is 2.35. The number of H-pyrrole nitrogens is 1. The van der Waals surface area contributed by atoms with Gasteiger partial charge in [-0.3, -0.25) is 5.10 Å². The molecule has 0 amide bonds. The first-order valence-electron chi connectivity index (χ1n) is 3.86. The number of nitrogens with zero attached hydrogens (tertiary/aromatic N) is 1.